The van der Waals surface area contributed by atoms with Crippen molar-refractivity contribution in [2.45, 2.75) is 23.9 Å². The van der Waals surface area contributed by atoms with Crippen molar-refractivity contribution in [3.63, 3.8) is 0 Å². The van der Waals surface area contributed by atoms with Gasteiger partial charge >= 0.3 is 0 Å². The third-order valence-corrected chi connectivity index (χ3v) is 7.24. The van der Waals surface area contributed by atoms with Crippen molar-refractivity contribution in [3.05, 3.63) is 83.7 Å². The van der Waals surface area contributed by atoms with Gasteiger partial charge in [0.15, 0.2) is 0 Å². The van der Waals surface area contributed by atoms with E-state index in [0.717, 1.165) is 21.0 Å². The molecule has 0 saturated carbocycles. The van der Waals surface area contributed by atoms with E-state index < -0.39 is 22.0 Å². The van der Waals surface area contributed by atoms with Gasteiger partial charge in [-0.3, -0.25) is 10.0 Å². The van der Waals surface area contributed by atoms with Crippen LogP contribution in [0.4, 0.5) is 10.1 Å². The van der Waals surface area contributed by atoms with Gasteiger partial charge in [0.05, 0.1) is 4.90 Å². The molecule has 1 aliphatic heterocycles. The number of nitrogens with one attached hydrogen (secondary N) is 1. The fourth-order valence-corrected chi connectivity index (χ4v) is 5.29. The molecule has 9 heteroatoms. The van der Waals surface area contributed by atoms with Crippen LogP contribution in [-0.2, 0) is 27.8 Å². The Bertz CT molecular complexity index is 1230. The number of anilines is 1. The van der Waals surface area contributed by atoms with Crippen molar-refractivity contribution < 1.29 is 22.8 Å². The standard InChI is InChI=1S/C22H20FN3O4S/c23-18-6-1-14(2-7-18)15-4-9-20(10-5-15)31(29,30)26-13-17-11-19(24)8-3-16(17)12-21(26)22(27)25-28/h1-11,21,28H,12-13,24H2,(H,25,27). The molecule has 4 N–H and O–H groups in total. The monoisotopic (exact) mass is 441 g/mol. The van der Waals surface area contributed by atoms with E-state index in [4.69, 9.17) is 10.9 Å². The number of carbonyl (C=O) groups is 1. The van der Waals surface area contributed by atoms with Gasteiger partial charge in [0, 0.05) is 12.2 Å². The zero-order valence-electron chi connectivity index (χ0n) is 16.3. The SMILES string of the molecule is Nc1ccc2c(c1)CN(S(=O)(=O)c1ccc(-c3ccc(F)cc3)cc1)C(C(=O)NO)C2. The first-order chi connectivity index (χ1) is 14.8. The van der Waals surface area contributed by atoms with E-state index >= 15 is 0 Å². The Morgan fingerprint density at radius 1 is 1.00 bits per heavy atom. The highest BCUT2D eigenvalue weighted by Crippen LogP contribution is 2.31. The van der Waals surface area contributed by atoms with E-state index in [1.165, 1.54) is 24.3 Å². The number of amides is 1. The molecule has 1 amide bonds. The number of hydrogen-bond donors (Lipinski definition) is 3. The molecule has 7 nitrogen and oxygen atoms in total. The van der Waals surface area contributed by atoms with Gasteiger partial charge in [0.25, 0.3) is 5.91 Å². The van der Waals surface area contributed by atoms with Gasteiger partial charge in [-0.15, -0.1) is 0 Å². The van der Waals surface area contributed by atoms with Gasteiger partial charge in [-0.05, 0) is 65.1 Å². The van der Waals surface area contributed by atoms with Crippen molar-refractivity contribution >= 4 is 21.6 Å². The Hall–Kier alpha value is -3.27. The minimum absolute atomic E-state index is 0.00135. The van der Waals surface area contributed by atoms with Crippen LogP contribution >= 0.6 is 0 Å². The second-order valence-corrected chi connectivity index (χ2v) is 9.20. The number of nitrogen functional groups attached to an aromatic ring is 1. The third kappa shape index (κ3) is 4.02. The Balaban J connectivity index is 1.70. The van der Waals surface area contributed by atoms with Gasteiger partial charge in [-0.2, -0.15) is 4.31 Å². The number of hydroxylamine groups is 1. The van der Waals surface area contributed by atoms with Crippen LogP contribution in [0.1, 0.15) is 11.1 Å². The lowest BCUT2D eigenvalue weighted by molar-refractivity contribution is -0.133. The normalized spacial score (nSPS) is 16.5. The Labute approximate surface area is 178 Å². The highest BCUT2D eigenvalue weighted by molar-refractivity contribution is 7.89. The van der Waals surface area contributed by atoms with Crippen LogP contribution in [0.3, 0.4) is 0 Å². The minimum atomic E-state index is -4.07. The number of sulfonamides is 1. The van der Waals surface area contributed by atoms with Crippen LogP contribution in [0.5, 0.6) is 0 Å². The zero-order valence-corrected chi connectivity index (χ0v) is 17.1. The van der Waals surface area contributed by atoms with Gasteiger partial charge in [0.2, 0.25) is 10.0 Å². The van der Waals surface area contributed by atoms with E-state index in [1.54, 1.807) is 47.9 Å². The van der Waals surface area contributed by atoms with Gasteiger partial charge in [-0.25, -0.2) is 18.3 Å². The summed E-state index contributed by atoms with van der Waals surface area (Å²) in [6, 6.07) is 16.0. The minimum Gasteiger partial charge on any atom is -0.399 e. The quantitative estimate of drug-likeness (QED) is 0.327. The van der Waals surface area contributed by atoms with Crippen LogP contribution in [0.25, 0.3) is 11.1 Å². The molecule has 31 heavy (non-hydrogen) atoms. The molecule has 0 saturated heterocycles. The number of fused-ring (bicyclic) bond motifs is 1. The Kier molecular flexibility index (Phi) is 5.48. The molecule has 0 radical (unpaired) electrons. The van der Waals surface area contributed by atoms with Gasteiger partial charge in [-0.1, -0.05) is 30.3 Å². The average molecular weight is 441 g/mol. The summed E-state index contributed by atoms with van der Waals surface area (Å²) >= 11 is 0. The molecule has 0 fully saturated rings. The second kappa shape index (κ2) is 8.10. The number of hydrogen-bond acceptors (Lipinski definition) is 5. The van der Waals surface area contributed by atoms with E-state index in [1.807, 2.05) is 0 Å². The summed E-state index contributed by atoms with van der Waals surface area (Å²) in [7, 11) is -4.07. The molecule has 1 heterocycles. The van der Waals surface area contributed by atoms with Crippen LogP contribution < -0.4 is 11.2 Å². The van der Waals surface area contributed by atoms with E-state index in [9.17, 15) is 17.6 Å². The van der Waals surface area contributed by atoms with E-state index in [0.29, 0.717) is 11.3 Å². The Morgan fingerprint density at radius 2 is 1.61 bits per heavy atom. The summed E-state index contributed by atoms with van der Waals surface area (Å²) in [4.78, 5) is 12.3. The molecule has 0 spiro atoms. The van der Waals surface area contributed by atoms with Crippen LogP contribution in [0.2, 0.25) is 0 Å². The summed E-state index contributed by atoms with van der Waals surface area (Å²) in [6.45, 7) is -0.0551. The maximum absolute atomic E-state index is 13.4. The molecule has 160 valence electrons. The van der Waals surface area contributed by atoms with Crippen molar-refractivity contribution in [3.8, 4) is 11.1 Å². The summed E-state index contributed by atoms with van der Waals surface area (Å²) < 4.78 is 41.0. The number of halogens is 1. The third-order valence-electron chi connectivity index (χ3n) is 5.37. The van der Waals surface area contributed by atoms with E-state index in [-0.39, 0.29) is 23.7 Å². The fraction of sp³-hybridized carbons (Fsp3) is 0.136. The van der Waals surface area contributed by atoms with Crippen LogP contribution in [-0.4, -0.2) is 29.9 Å². The first-order valence-corrected chi connectivity index (χ1v) is 10.9. The van der Waals surface area contributed by atoms with Crippen molar-refractivity contribution in [2.24, 2.45) is 0 Å². The van der Waals surface area contributed by atoms with Crippen molar-refractivity contribution in [2.75, 3.05) is 5.73 Å². The summed E-state index contributed by atoms with van der Waals surface area (Å²) in [5.41, 5.74) is 10.9. The maximum atomic E-state index is 13.4. The first-order valence-electron chi connectivity index (χ1n) is 9.48. The van der Waals surface area contributed by atoms with Gasteiger partial charge < -0.3 is 5.73 Å². The molecule has 4 rings (SSSR count). The molecule has 0 bridgehead atoms. The lowest BCUT2D eigenvalue weighted by atomic mass is 9.95. The summed E-state index contributed by atoms with van der Waals surface area (Å²) in [6.07, 6.45) is 0.106. The molecule has 1 aliphatic rings. The fourth-order valence-electron chi connectivity index (χ4n) is 3.73. The van der Waals surface area contributed by atoms with Crippen LogP contribution in [0, 0.1) is 5.82 Å². The molecule has 1 atom stereocenters. The molecule has 3 aromatic carbocycles. The maximum Gasteiger partial charge on any atom is 0.262 e. The summed E-state index contributed by atoms with van der Waals surface area (Å²) in [5.74, 6) is -1.17. The number of benzene rings is 3. The molecule has 3 aromatic rings. The predicted molar refractivity (Wildman–Crippen MR) is 113 cm³/mol. The lowest BCUT2D eigenvalue weighted by Crippen LogP contribution is -2.51. The molecular weight excluding hydrogens is 421 g/mol. The molecule has 1 unspecified atom stereocenters. The number of nitrogens with two attached hydrogens (primary N) is 1. The molecule has 0 aliphatic carbocycles. The topological polar surface area (TPSA) is 113 Å². The first kappa shape index (κ1) is 21.0. The zero-order chi connectivity index (χ0) is 22.2. The predicted octanol–water partition coefficient (Wildman–Crippen LogP) is 2.70. The molecule has 0 aromatic heterocycles. The summed E-state index contributed by atoms with van der Waals surface area (Å²) in [5, 5.41) is 9.15. The molecular formula is C22H20FN3O4S. The second-order valence-electron chi connectivity index (χ2n) is 7.31. The number of nitrogens with zero attached hydrogens (tertiary/aromatic N) is 1. The van der Waals surface area contributed by atoms with Gasteiger partial charge in [0.1, 0.15) is 11.9 Å². The highest BCUT2D eigenvalue weighted by atomic mass is 32.2. The number of carbonyl (C=O) groups excluding carboxylic acids is 1. The van der Waals surface area contributed by atoms with E-state index in [2.05, 4.69) is 0 Å². The number of rotatable bonds is 4. The Morgan fingerprint density at radius 3 is 2.23 bits per heavy atom. The highest BCUT2D eigenvalue weighted by Gasteiger charge is 2.39. The smallest absolute Gasteiger partial charge is 0.262 e. The van der Waals surface area contributed by atoms with Crippen molar-refractivity contribution in [1.29, 1.82) is 0 Å². The van der Waals surface area contributed by atoms with Crippen LogP contribution in [0.15, 0.2) is 71.6 Å². The average Bonchev–Trinajstić information content (AvgIpc) is 2.78. The largest absolute Gasteiger partial charge is 0.399 e. The van der Waals surface area contributed by atoms with Crippen molar-refractivity contribution in [1.82, 2.24) is 9.79 Å². The lowest BCUT2D eigenvalue weighted by Gasteiger charge is -2.34.